The summed E-state index contributed by atoms with van der Waals surface area (Å²) in [5.41, 5.74) is 0.877. The van der Waals surface area contributed by atoms with Gasteiger partial charge in [-0.25, -0.2) is 0 Å². The van der Waals surface area contributed by atoms with Crippen molar-refractivity contribution in [2.75, 3.05) is 26.2 Å². The summed E-state index contributed by atoms with van der Waals surface area (Å²) >= 11 is 3.25. The van der Waals surface area contributed by atoms with Crippen LogP contribution in [0, 0.1) is 5.92 Å². The first-order chi connectivity index (χ1) is 11.0. The van der Waals surface area contributed by atoms with Gasteiger partial charge in [0.1, 0.15) is 0 Å². The predicted molar refractivity (Wildman–Crippen MR) is 93.3 cm³/mol. The van der Waals surface area contributed by atoms with Crippen molar-refractivity contribution in [1.82, 2.24) is 10.6 Å². The van der Waals surface area contributed by atoms with Crippen LogP contribution in [0.2, 0.25) is 0 Å². The molecular weight excluding hydrogens is 410 g/mol. The molecule has 2 rings (SSSR count). The highest BCUT2D eigenvalue weighted by Crippen LogP contribution is 2.37. The van der Waals surface area contributed by atoms with E-state index in [-0.39, 0.29) is 35.9 Å². The summed E-state index contributed by atoms with van der Waals surface area (Å²) in [6.07, 6.45) is -0.338. The molecular formula is C15H22BrClF2N2O3. The Balaban J connectivity index is 0.00000288. The van der Waals surface area contributed by atoms with E-state index in [0.717, 1.165) is 12.1 Å². The Hall–Kier alpha value is -0.670. The topological polar surface area (TPSA) is 62.8 Å². The Labute approximate surface area is 154 Å². The van der Waals surface area contributed by atoms with Crippen LogP contribution >= 0.6 is 28.3 Å². The second kappa shape index (κ2) is 10.4. The minimum atomic E-state index is -2.91. The zero-order valence-corrected chi connectivity index (χ0v) is 15.6. The summed E-state index contributed by atoms with van der Waals surface area (Å²) < 4.78 is 35.3. The van der Waals surface area contributed by atoms with Gasteiger partial charge >= 0.3 is 6.61 Å². The predicted octanol–water partition coefficient (Wildman–Crippen LogP) is 2.54. The number of hydrogen-bond acceptors (Lipinski definition) is 5. The fraction of sp³-hybridized carbons (Fsp3) is 0.600. The van der Waals surface area contributed by atoms with Crippen LogP contribution in [0.15, 0.2) is 16.6 Å². The number of alkyl halides is 2. The van der Waals surface area contributed by atoms with Crippen molar-refractivity contribution in [2.24, 2.45) is 5.92 Å². The molecule has 0 aliphatic carbocycles. The molecule has 1 heterocycles. The number of aliphatic hydroxyl groups excluding tert-OH is 1. The molecule has 3 N–H and O–H groups in total. The quantitative estimate of drug-likeness (QED) is 0.590. The van der Waals surface area contributed by atoms with E-state index < -0.39 is 6.61 Å². The Bertz CT molecular complexity index is 526. The van der Waals surface area contributed by atoms with Gasteiger partial charge in [0.15, 0.2) is 11.5 Å². The van der Waals surface area contributed by atoms with Gasteiger partial charge < -0.3 is 25.2 Å². The van der Waals surface area contributed by atoms with Crippen LogP contribution in [0.25, 0.3) is 0 Å². The van der Waals surface area contributed by atoms with Crippen molar-refractivity contribution in [3.63, 3.8) is 0 Å². The molecule has 1 aromatic rings. The first kappa shape index (κ1) is 21.4. The number of benzene rings is 1. The third-order valence-electron chi connectivity index (χ3n) is 3.62. The Morgan fingerprint density at radius 2 is 2.17 bits per heavy atom. The molecule has 0 aromatic heterocycles. The number of hydrogen-bond donors (Lipinski definition) is 3. The van der Waals surface area contributed by atoms with Gasteiger partial charge in [-0.05, 0) is 40.5 Å². The standard InChI is InChI=1S/C15H21BrF2N2O3.ClH/c1-2-22-13-4-9(3-11(16)14(13)23-15(17)18)5-19-6-10-7-20-8-12(10)21;/h3-4,10,12,15,19-21H,2,5-8H2,1H3;1H. The van der Waals surface area contributed by atoms with Gasteiger partial charge in [0.25, 0.3) is 0 Å². The van der Waals surface area contributed by atoms with Crippen LogP contribution in [-0.2, 0) is 6.54 Å². The molecule has 0 spiro atoms. The van der Waals surface area contributed by atoms with E-state index in [1.54, 1.807) is 19.1 Å². The van der Waals surface area contributed by atoms with Gasteiger partial charge in [0.05, 0.1) is 17.2 Å². The van der Waals surface area contributed by atoms with Crippen LogP contribution in [0.4, 0.5) is 8.78 Å². The maximum atomic E-state index is 12.5. The lowest BCUT2D eigenvalue weighted by molar-refractivity contribution is -0.0519. The number of halogens is 4. The van der Waals surface area contributed by atoms with Gasteiger partial charge in [0, 0.05) is 32.1 Å². The van der Waals surface area contributed by atoms with Gasteiger partial charge in [-0.2, -0.15) is 8.78 Å². The zero-order valence-electron chi connectivity index (χ0n) is 13.2. The Kier molecular flexibility index (Phi) is 9.22. The summed E-state index contributed by atoms with van der Waals surface area (Å²) in [6.45, 7) is 1.82. The molecule has 1 aliphatic rings. The lowest BCUT2D eigenvalue weighted by atomic mass is 10.1. The maximum absolute atomic E-state index is 12.5. The Morgan fingerprint density at radius 1 is 1.42 bits per heavy atom. The Morgan fingerprint density at radius 3 is 2.75 bits per heavy atom. The van der Waals surface area contributed by atoms with E-state index in [1.165, 1.54) is 0 Å². The molecule has 0 saturated carbocycles. The number of nitrogens with one attached hydrogen (secondary N) is 2. The molecule has 138 valence electrons. The number of aliphatic hydroxyl groups is 1. The molecule has 9 heteroatoms. The van der Waals surface area contributed by atoms with Crippen LogP contribution in [-0.4, -0.2) is 44.1 Å². The smallest absolute Gasteiger partial charge is 0.387 e. The van der Waals surface area contributed by atoms with E-state index in [2.05, 4.69) is 31.3 Å². The van der Waals surface area contributed by atoms with Crippen molar-refractivity contribution in [1.29, 1.82) is 0 Å². The highest BCUT2D eigenvalue weighted by molar-refractivity contribution is 9.10. The van der Waals surface area contributed by atoms with E-state index in [0.29, 0.717) is 30.7 Å². The van der Waals surface area contributed by atoms with Crippen LogP contribution < -0.4 is 20.1 Å². The van der Waals surface area contributed by atoms with Crippen molar-refractivity contribution in [3.05, 3.63) is 22.2 Å². The molecule has 0 amide bonds. The minimum Gasteiger partial charge on any atom is -0.490 e. The van der Waals surface area contributed by atoms with Crippen molar-refractivity contribution < 1.29 is 23.4 Å². The van der Waals surface area contributed by atoms with Gasteiger partial charge in [-0.1, -0.05) is 0 Å². The number of ether oxygens (including phenoxy) is 2. The minimum absolute atomic E-state index is 0. The van der Waals surface area contributed by atoms with Gasteiger partial charge in [0.2, 0.25) is 0 Å². The van der Waals surface area contributed by atoms with Gasteiger partial charge in [-0.15, -0.1) is 12.4 Å². The molecule has 24 heavy (non-hydrogen) atoms. The molecule has 5 nitrogen and oxygen atoms in total. The average Bonchev–Trinajstić information content (AvgIpc) is 2.88. The zero-order chi connectivity index (χ0) is 16.8. The fourth-order valence-electron chi connectivity index (χ4n) is 2.52. The average molecular weight is 432 g/mol. The maximum Gasteiger partial charge on any atom is 0.387 e. The van der Waals surface area contributed by atoms with Gasteiger partial charge in [-0.3, -0.25) is 0 Å². The summed E-state index contributed by atoms with van der Waals surface area (Å²) in [7, 11) is 0. The molecule has 0 bridgehead atoms. The second-order valence-electron chi connectivity index (χ2n) is 5.33. The molecule has 2 atom stereocenters. The third-order valence-corrected chi connectivity index (χ3v) is 4.20. The van der Waals surface area contributed by atoms with Crippen LogP contribution in [0.1, 0.15) is 12.5 Å². The highest BCUT2D eigenvalue weighted by atomic mass is 79.9. The molecule has 1 aromatic carbocycles. The summed E-state index contributed by atoms with van der Waals surface area (Å²) in [6, 6.07) is 3.40. The first-order valence-corrected chi connectivity index (χ1v) is 8.30. The van der Waals surface area contributed by atoms with Crippen LogP contribution in [0.3, 0.4) is 0 Å². The molecule has 1 saturated heterocycles. The largest absolute Gasteiger partial charge is 0.490 e. The first-order valence-electron chi connectivity index (χ1n) is 7.50. The van der Waals surface area contributed by atoms with E-state index >= 15 is 0 Å². The normalized spacial score (nSPS) is 20.1. The summed E-state index contributed by atoms with van der Waals surface area (Å²) in [5.74, 6) is 0.453. The monoisotopic (exact) mass is 430 g/mol. The lowest BCUT2D eigenvalue weighted by Gasteiger charge is -2.17. The van der Waals surface area contributed by atoms with E-state index in [1.807, 2.05) is 0 Å². The van der Waals surface area contributed by atoms with Crippen molar-refractivity contribution in [2.45, 2.75) is 26.2 Å². The molecule has 1 fully saturated rings. The van der Waals surface area contributed by atoms with E-state index in [4.69, 9.17) is 4.74 Å². The van der Waals surface area contributed by atoms with E-state index in [9.17, 15) is 13.9 Å². The highest BCUT2D eigenvalue weighted by Gasteiger charge is 2.24. The molecule has 0 radical (unpaired) electrons. The van der Waals surface area contributed by atoms with Crippen molar-refractivity contribution in [3.8, 4) is 11.5 Å². The lowest BCUT2D eigenvalue weighted by Crippen LogP contribution is -2.30. The second-order valence-corrected chi connectivity index (χ2v) is 6.19. The molecule has 1 aliphatic heterocycles. The summed E-state index contributed by atoms with van der Waals surface area (Å²) in [4.78, 5) is 0. The van der Waals surface area contributed by atoms with Crippen molar-refractivity contribution >= 4 is 28.3 Å². The third kappa shape index (κ3) is 6.00. The SMILES string of the molecule is CCOc1cc(CNCC2CNCC2O)cc(Br)c1OC(F)F.Cl. The number of rotatable bonds is 8. The van der Waals surface area contributed by atoms with Crippen LogP contribution in [0.5, 0.6) is 11.5 Å². The summed E-state index contributed by atoms with van der Waals surface area (Å²) in [5, 5.41) is 16.1. The molecule has 2 unspecified atom stereocenters. The number of β-amino-alcohol motifs (C(OH)–C–C–N with tert-alkyl or cyclic N) is 1. The fourth-order valence-corrected chi connectivity index (χ4v) is 3.10.